The van der Waals surface area contributed by atoms with Crippen LogP contribution < -0.4 is 20.7 Å². The number of anilines is 2. The van der Waals surface area contributed by atoms with Crippen molar-refractivity contribution in [3.63, 3.8) is 0 Å². The van der Waals surface area contributed by atoms with Crippen molar-refractivity contribution >= 4 is 29.3 Å². The minimum absolute atomic E-state index is 0.162. The number of β-amino-alcohol motifs (C(OH)–C–C–N with tert-alkyl or cyclic N) is 1. The van der Waals surface area contributed by atoms with Crippen LogP contribution in [0.3, 0.4) is 0 Å². The molecule has 0 radical (unpaired) electrons. The Balaban J connectivity index is 1.81. The standard InChI is InChI=1S/C20H20F3N5O3/c21-20(22,23)31-15-3-1-13(2-4-15)27-19(30)12-9-16(17(25)5-7-24)18(26-10-12)28-8-6-14(29)11-28/h1-5,7,9-10,14,24,29H,6,8,11,25H2,(H,27,30)/b17-5-,24-7?. The normalized spacial score (nSPS) is 16.8. The number of halogens is 3. The molecule has 3 rings (SSSR count). The first-order chi connectivity index (χ1) is 14.7. The van der Waals surface area contributed by atoms with Crippen molar-refractivity contribution in [3.05, 3.63) is 53.7 Å². The minimum Gasteiger partial charge on any atom is -0.406 e. The number of nitrogens with two attached hydrogens (primary N) is 1. The molecule has 1 unspecified atom stereocenters. The summed E-state index contributed by atoms with van der Waals surface area (Å²) in [5, 5.41) is 19.6. The minimum atomic E-state index is -4.80. The highest BCUT2D eigenvalue weighted by Gasteiger charge is 2.31. The average molecular weight is 435 g/mol. The second-order valence-corrected chi connectivity index (χ2v) is 6.80. The smallest absolute Gasteiger partial charge is 0.406 e. The molecule has 0 aliphatic carbocycles. The molecule has 1 aromatic heterocycles. The molecule has 1 amide bonds. The Morgan fingerprint density at radius 3 is 2.65 bits per heavy atom. The van der Waals surface area contributed by atoms with E-state index < -0.39 is 24.1 Å². The number of amides is 1. The number of nitrogens with one attached hydrogen (secondary N) is 2. The Morgan fingerprint density at radius 1 is 1.35 bits per heavy atom. The first-order valence-electron chi connectivity index (χ1n) is 9.23. The Bertz CT molecular complexity index is 993. The van der Waals surface area contributed by atoms with Crippen LogP contribution in [0.25, 0.3) is 5.70 Å². The third kappa shape index (κ3) is 5.72. The molecule has 1 aromatic carbocycles. The molecular formula is C20H20F3N5O3. The van der Waals surface area contributed by atoms with Crippen LogP contribution in [0.4, 0.5) is 24.7 Å². The van der Waals surface area contributed by atoms with Gasteiger partial charge in [-0.3, -0.25) is 4.79 Å². The van der Waals surface area contributed by atoms with Gasteiger partial charge in [0.2, 0.25) is 0 Å². The molecular weight excluding hydrogens is 415 g/mol. The number of hydrogen-bond acceptors (Lipinski definition) is 7. The summed E-state index contributed by atoms with van der Waals surface area (Å²) >= 11 is 0. The summed E-state index contributed by atoms with van der Waals surface area (Å²) in [5.41, 5.74) is 7.12. The number of nitrogens with zero attached hydrogens (tertiary/aromatic N) is 2. The van der Waals surface area contributed by atoms with Crippen LogP contribution in [-0.4, -0.2) is 47.8 Å². The van der Waals surface area contributed by atoms with Gasteiger partial charge in [-0.15, -0.1) is 13.2 Å². The SMILES string of the molecule is N=C/C=C(\N)c1cc(C(=O)Nc2ccc(OC(F)(F)F)cc2)cnc1N1CCC(O)C1. The Labute approximate surface area is 175 Å². The van der Waals surface area contributed by atoms with Crippen molar-refractivity contribution in [2.45, 2.75) is 18.9 Å². The number of aliphatic hydroxyl groups excluding tert-OH is 1. The maximum atomic E-state index is 12.6. The van der Waals surface area contributed by atoms with Crippen molar-refractivity contribution in [3.8, 4) is 5.75 Å². The summed E-state index contributed by atoms with van der Waals surface area (Å²) in [6.07, 6.45) is -1.01. The fourth-order valence-electron chi connectivity index (χ4n) is 3.10. The second kappa shape index (κ2) is 9.04. The second-order valence-electron chi connectivity index (χ2n) is 6.80. The van der Waals surface area contributed by atoms with Gasteiger partial charge in [0.25, 0.3) is 5.91 Å². The van der Waals surface area contributed by atoms with E-state index in [4.69, 9.17) is 11.1 Å². The molecule has 8 nitrogen and oxygen atoms in total. The van der Waals surface area contributed by atoms with Gasteiger partial charge in [0.15, 0.2) is 0 Å². The highest BCUT2D eigenvalue weighted by Crippen LogP contribution is 2.28. The van der Waals surface area contributed by atoms with Crippen LogP contribution >= 0.6 is 0 Å². The van der Waals surface area contributed by atoms with E-state index in [0.29, 0.717) is 30.9 Å². The number of alkyl halides is 3. The predicted molar refractivity (Wildman–Crippen MR) is 109 cm³/mol. The third-order valence-corrected chi connectivity index (χ3v) is 4.51. The molecule has 1 aliphatic rings. The lowest BCUT2D eigenvalue weighted by atomic mass is 10.1. The Morgan fingerprint density at radius 2 is 2.06 bits per heavy atom. The zero-order valence-electron chi connectivity index (χ0n) is 16.2. The summed E-state index contributed by atoms with van der Waals surface area (Å²) in [4.78, 5) is 18.8. The summed E-state index contributed by atoms with van der Waals surface area (Å²) in [6, 6.07) is 6.23. The van der Waals surface area contributed by atoms with E-state index in [-0.39, 0.29) is 16.9 Å². The summed E-state index contributed by atoms with van der Waals surface area (Å²) in [5.74, 6) is -0.470. The molecule has 1 aliphatic heterocycles. The van der Waals surface area contributed by atoms with Crippen molar-refractivity contribution < 1.29 is 27.8 Å². The van der Waals surface area contributed by atoms with E-state index >= 15 is 0 Å². The van der Waals surface area contributed by atoms with Gasteiger partial charge in [-0.1, -0.05) is 0 Å². The van der Waals surface area contributed by atoms with Crippen molar-refractivity contribution in [2.24, 2.45) is 5.73 Å². The van der Waals surface area contributed by atoms with E-state index in [1.807, 2.05) is 4.90 Å². The third-order valence-electron chi connectivity index (χ3n) is 4.51. The number of pyridine rings is 1. The lowest BCUT2D eigenvalue weighted by molar-refractivity contribution is -0.274. The number of allylic oxidation sites excluding steroid dienone is 1. The van der Waals surface area contributed by atoms with E-state index in [1.165, 1.54) is 30.5 Å². The molecule has 5 N–H and O–H groups in total. The zero-order chi connectivity index (χ0) is 22.6. The van der Waals surface area contributed by atoms with Gasteiger partial charge in [-0.2, -0.15) is 0 Å². The molecule has 2 aromatic rings. The van der Waals surface area contributed by atoms with Gasteiger partial charge in [0.05, 0.1) is 11.7 Å². The van der Waals surface area contributed by atoms with Crippen molar-refractivity contribution in [1.29, 1.82) is 5.41 Å². The van der Waals surface area contributed by atoms with Crippen LogP contribution in [0.1, 0.15) is 22.3 Å². The molecule has 0 spiro atoms. The Hall–Kier alpha value is -3.60. The summed E-state index contributed by atoms with van der Waals surface area (Å²) in [6.45, 7) is 0.937. The molecule has 164 valence electrons. The molecule has 1 atom stereocenters. The van der Waals surface area contributed by atoms with E-state index in [1.54, 1.807) is 0 Å². The maximum Gasteiger partial charge on any atom is 0.573 e. The van der Waals surface area contributed by atoms with E-state index in [2.05, 4.69) is 15.0 Å². The number of carbonyl (C=O) groups is 1. The average Bonchev–Trinajstić information content (AvgIpc) is 3.14. The molecule has 2 heterocycles. The lowest BCUT2D eigenvalue weighted by Gasteiger charge is -2.21. The van der Waals surface area contributed by atoms with Gasteiger partial charge >= 0.3 is 6.36 Å². The maximum absolute atomic E-state index is 12.6. The number of carbonyl (C=O) groups excluding carboxylic acids is 1. The molecule has 1 saturated heterocycles. The monoisotopic (exact) mass is 435 g/mol. The number of aromatic nitrogens is 1. The van der Waals surface area contributed by atoms with Gasteiger partial charge in [0.1, 0.15) is 11.6 Å². The first-order valence-corrected chi connectivity index (χ1v) is 9.23. The highest BCUT2D eigenvalue weighted by atomic mass is 19.4. The Kier molecular flexibility index (Phi) is 6.44. The fraction of sp³-hybridized carbons (Fsp3) is 0.250. The molecule has 0 bridgehead atoms. The van der Waals surface area contributed by atoms with Gasteiger partial charge in [0, 0.05) is 42.4 Å². The zero-order valence-corrected chi connectivity index (χ0v) is 16.2. The van der Waals surface area contributed by atoms with Crippen molar-refractivity contribution in [2.75, 3.05) is 23.3 Å². The van der Waals surface area contributed by atoms with Gasteiger partial charge < -0.3 is 31.2 Å². The van der Waals surface area contributed by atoms with Crippen LogP contribution in [0.2, 0.25) is 0 Å². The summed E-state index contributed by atoms with van der Waals surface area (Å²) in [7, 11) is 0. The van der Waals surface area contributed by atoms with Gasteiger partial charge in [-0.05, 0) is 42.8 Å². The van der Waals surface area contributed by atoms with Crippen LogP contribution in [0.15, 0.2) is 42.6 Å². The summed E-state index contributed by atoms with van der Waals surface area (Å²) < 4.78 is 40.6. The number of benzene rings is 1. The van der Waals surface area contributed by atoms with E-state index in [0.717, 1.165) is 18.3 Å². The predicted octanol–water partition coefficient (Wildman–Crippen LogP) is 2.75. The fourth-order valence-corrected chi connectivity index (χ4v) is 3.10. The quantitative estimate of drug-likeness (QED) is 0.517. The lowest BCUT2D eigenvalue weighted by Crippen LogP contribution is -2.25. The number of aliphatic hydroxyl groups is 1. The molecule has 0 saturated carbocycles. The van der Waals surface area contributed by atoms with Crippen LogP contribution in [-0.2, 0) is 0 Å². The van der Waals surface area contributed by atoms with E-state index in [9.17, 15) is 23.1 Å². The number of ether oxygens (including phenoxy) is 1. The molecule has 31 heavy (non-hydrogen) atoms. The molecule has 1 fully saturated rings. The van der Waals surface area contributed by atoms with Gasteiger partial charge in [-0.25, -0.2) is 4.98 Å². The largest absolute Gasteiger partial charge is 0.573 e. The number of hydrogen-bond donors (Lipinski definition) is 4. The highest BCUT2D eigenvalue weighted by molar-refractivity contribution is 6.05. The number of rotatable bonds is 6. The first kappa shape index (κ1) is 22.1. The topological polar surface area (TPSA) is 125 Å². The van der Waals surface area contributed by atoms with Crippen molar-refractivity contribution in [1.82, 2.24) is 4.98 Å². The van der Waals surface area contributed by atoms with Crippen LogP contribution in [0, 0.1) is 5.41 Å². The van der Waals surface area contributed by atoms with Crippen LogP contribution in [0.5, 0.6) is 5.75 Å². The molecule has 11 heteroatoms.